The van der Waals surface area contributed by atoms with Crippen LogP contribution in [0.4, 0.5) is 10.1 Å². The van der Waals surface area contributed by atoms with Crippen LogP contribution in [0.5, 0.6) is 0 Å². The first-order valence-corrected chi connectivity index (χ1v) is 9.53. The largest absolute Gasteiger partial charge is 0.370 e. The van der Waals surface area contributed by atoms with Gasteiger partial charge in [0.25, 0.3) is 5.56 Å². The molecule has 0 spiro atoms. The van der Waals surface area contributed by atoms with E-state index in [1.807, 2.05) is 31.2 Å². The molecule has 3 aromatic rings. The molecule has 0 bridgehead atoms. The second kappa shape index (κ2) is 7.12. The highest BCUT2D eigenvalue weighted by Crippen LogP contribution is 2.35. The molecule has 142 valence electrons. The average Bonchev–Trinajstić information content (AvgIpc) is 2.70. The van der Waals surface area contributed by atoms with Crippen LogP contribution in [0.1, 0.15) is 35.4 Å². The number of piperidine rings is 1. The lowest BCUT2D eigenvalue weighted by Crippen LogP contribution is -2.35. The van der Waals surface area contributed by atoms with Crippen LogP contribution in [0.3, 0.4) is 0 Å². The first-order valence-electron chi connectivity index (χ1n) is 9.53. The van der Waals surface area contributed by atoms with E-state index in [1.54, 1.807) is 23.7 Å². The Balaban J connectivity index is 1.70. The Kier molecular flexibility index (Phi) is 4.64. The van der Waals surface area contributed by atoms with Crippen molar-refractivity contribution in [3.8, 4) is 6.07 Å². The van der Waals surface area contributed by atoms with Gasteiger partial charge in [-0.2, -0.15) is 5.26 Å². The second-order valence-corrected chi connectivity index (χ2v) is 7.54. The van der Waals surface area contributed by atoms with Crippen LogP contribution < -0.4 is 10.5 Å². The summed E-state index contributed by atoms with van der Waals surface area (Å²) in [6.45, 7) is 3.37. The van der Waals surface area contributed by atoms with Crippen molar-refractivity contribution in [2.75, 3.05) is 18.0 Å². The Morgan fingerprint density at radius 3 is 2.54 bits per heavy atom. The molecular weight excluding hydrogens is 353 g/mol. The number of pyridine rings is 1. The number of aromatic nitrogens is 1. The summed E-state index contributed by atoms with van der Waals surface area (Å²) in [6, 6.07) is 15.1. The minimum Gasteiger partial charge on any atom is -0.370 e. The van der Waals surface area contributed by atoms with Crippen LogP contribution in [0.2, 0.25) is 0 Å². The van der Waals surface area contributed by atoms with Crippen LogP contribution >= 0.6 is 0 Å². The lowest BCUT2D eigenvalue weighted by molar-refractivity contribution is 0.502. The molecule has 0 radical (unpaired) electrons. The number of rotatable bonds is 2. The van der Waals surface area contributed by atoms with Crippen molar-refractivity contribution in [1.29, 1.82) is 5.26 Å². The number of nitriles is 1. The predicted molar refractivity (Wildman–Crippen MR) is 109 cm³/mol. The summed E-state index contributed by atoms with van der Waals surface area (Å²) >= 11 is 0. The summed E-state index contributed by atoms with van der Waals surface area (Å²) in [5, 5.41) is 10.6. The molecule has 1 aromatic heterocycles. The molecule has 0 atom stereocenters. The fourth-order valence-corrected chi connectivity index (χ4v) is 4.35. The minimum absolute atomic E-state index is 0.193. The topological polar surface area (TPSA) is 49.0 Å². The van der Waals surface area contributed by atoms with Gasteiger partial charge in [0.2, 0.25) is 0 Å². The van der Waals surface area contributed by atoms with Gasteiger partial charge in [-0.05, 0) is 55.0 Å². The SMILES string of the molecule is Cc1cc(F)cc(C2CCN(c3c(C#N)c(=O)n(C)c4ccccc34)CC2)c1. The Morgan fingerprint density at radius 2 is 1.86 bits per heavy atom. The van der Waals surface area contributed by atoms with Crippen molar-refractivity contribution in [3.63, 3.8) is 0 Å². The van der Waals surface area contributed by atoms with Crippen molar-refractivity contribution in [3.05, 3.63) is 75.3 Å². The van der Waals surface area contributed by atoms with E-state index in [9.17, 15) is 14.4 Å². The van der Waals surface area contributed by atoms with E-state index in [0.29, 0.717) is 0 Å². The summed E-state index contributed by atoms with van der Waals surface area (Å²) in [4.78, 5) is 14.9. The zero-order chi connectivity index (χ0) is 19.8. The summed E-state index contributed by atoms with van der Waals surface area (Å²) < 4.78 is 15.3. The monoisotopic (exact) mass is 375 g/mol. The number of benzene rings is 2. The molecule has 1 aliphatic heterocycles. The molecule has 1 fully saturated rings. The van der Waals surface area contributed by atoms with E-state index in [0.717, 1.165) is 53.6 Å². The molecule has 4 nitrogen and oxygen atoms in total. The van der Waals surface area contributed by atoms with Gasteiger partial charge in [0.05, 0.1) is 11.2 Å². The molecule has 0 N–H and O–H groups in total. The van der Waals surface area contributed by atoms with Gasteiger partial charge in [-0.25, -0.2) is 4.39 Å². The van der Waals surface area contributed by atoms with Gasteiger partial charge in [-0.3, -0.25) is 4.79 Å². The zero-order valence-corrected chi connectivity index (χ0v) is 16.1. The summed E-state index contributed by atoms with van der Waals surface area (Å²) in [5.41, 5.74) is 3.45. The minimum atomic E-state index is -0.265. The molecule has 4 rings (SSSR count). The third kappa shape index (κ3) is 3.05. The lowest BCUT2D eigenvalue weighted by Gasteiger charge is -2.35. The van der Waals surface area contributed by atoms with E-state index in [4.69, 9.17) is 0 Å². The summed E-state index contributed by atoms with van der Waals surface area (Å²) in [7, 11) is 1.70. The Hall–Kier alpha value is -3.13. The molecule has 0 amide bonds. The molecule has 2 heterocycles. The smallest absolute Gasteiger partial charge is 0.270 e. The normalized spacial score (nSPS) is 15.0. The van der Waals surface area contributed by atoms with Crippen molar-refractivity contribution in [1.82, 2.24) is 4.57 Å². The number of halogens is 1. The number of nitrogens with zero attached hydrogens (tertiary/aromatic N) is 3. The van der Waals surface area contributed by atoms with E-state index >= 15 is 0 Å². The first kappa shape index (κ1) is 18.2. The molecule has 0 saturated carbocycles. The van der Waals surface area contributed by atoms with Gasteiger partial charge in [-0.1, -0.05) is 24.3 Å². The maximum Gasteiger partial charge on any atom is 0.270 e. The standard InChI is InChI=1S/C23H22FN3O/c1-15-11-17(13-18(24)12-15)16-7-9-27(10-8-16)22-19-5-3-4-6-21(19)26(2)23(28)20(22)14-25/h3-6,11-13,16H,7-10H2,1-2H3. The lowest BCUT2D eigenvalue weighted by atomic mass is 9.88. The number of anilines is 1. The Morgan fingerprint density at radius 1 is 1.14 bits per heavy atom. The number of fused-ring (bicyclic) bond motifs is 1. The summed E-state index contributed by atoms with van der Waals surface area (Å²) in [6.07, 6.45) is 1.72. The Bertz CT molecular complexity index is 1130. The van der Waals surface area contributed by atoms with Crippen molar-refractivity contribution < 1.29 is 4.39 Å². The first-order chi connectivity index (χ1) is 13.5. The molecule has 5 heteroatoms. The molecule has 1 aliphatic rings. The number of aryl methyl sites for hydroxylation is 2. The number of hydrogen-bond donors (Lipinski definition) is 0. The van der Waals surface area contributed by atoms with E-state index in [-0.39, 0.29) is 22.9 Å². The molecule has 0 unspecified atom stereocenters. The van der Waals surface area contributed by atoms with Crippen LogP contribution in [0.15, 0.2) is 47.3 Å². The quantitative estimate of drug-likeness (QED) is 0.673. The molecule has 0 aliphatic carbocycles. The highest BCUT2D eigenvalue weighted by Gasteiger charge is 2.26. The average molecular weight is 375 g/mol. The van der Waals surface area contributed by atoms with Gasteiger partial charge in [0, 0.05) is 25.5 Å². The molecule has 1 saturated heterocycles. The van der Waals surface area contributed by atoms with Gasteiger partial charge < -0.3 is 9.47 Å². The maximum absolute atomic E-state index is 13.8. The van der Waals surface area contributed by atoms with E-state index < -0.39 is 0 Å². The van der Waals surface area contributed by atoms with Crippen LogP contribution in [-0.4, -0.2) is 17.7 Å². The fourth-order valence-electron chi connectivity index (χ4n) is 4.35. The predicted octanol–water partition coefficient (Wildman–Crippen LogP) is 4.24. The van der Waals surface area contributed by atoms with Gasteiger partial charge in [0.1, 0.15) is 17.4 Å². The van der Waals surface area contributed by atoms with Crippen LogP contribution in [0, 0.1) is 24.1 Å². The summed E-state index contributed by atoms with van der Waals surface area (Å²) in [5.74, 6) is 0.0933. The third-order valence-electron chi connectivity index (χ3n) is 5.73. The van der Waals surface area contributed by atoms with Crippen LogP contribution in [0.25, 0.3) is 10.9 Å². The highest BCUT2D eigenvalue weighted by atomic mass is 19.1. The molecule has 2 aromatic carbocycles. The zero-order valence-electron chi connectivity index (χ0n) is 16.1. The molecule has 28 heavy (non-hydrogen) atoms. The second-order valence-electron chi connectivity index (χ2n) is 7.54. The number of para-hydroxylation sites is 1. The van der Waals surface area contributed by atoms with E-state index in [2.05, 4.69) is 17.0 Å². The van der Waals surface area contributed by atoms with Crippen molar-refractivity contribution in [2.24, 2.45) is 7.05 Å². The van der Waals surface area contributed by atoms with Crippen molar-refractivity contribution >= 4 is 16.6 Å². The number of hydrogen-bond acceptors (Lipinski definition) is 3. The van der Waals surface area contributed by atoms with Gasteiger partial charge in [0.15, 0.2) is 0 Å². The maximum atomic E-state index is 13.8. The van der Waals surface area contributed by atoms with E-state index in [1.165, 1.54) is 0 Å². The van der Waals surface area contributed by atoms with Gasteiger partial charge >= 0.3 is 0 Å². The highest BCUT2D eigenvalue weighted by molar-refractivity contribution is 5.94. The van der Waals surface area contributed by atoms with Gasteiger partial charge in [-0.15, -0.1) is 0 Å². The van der Waals surface area contributed by atoms with Crippen molar-refractivity contribution in [2.45, 2.75) is 25.7 Å². The Labute approximate surface area is 163 Å². The van der Waals surface area contributed by atoms with Crippen LogP contribution in [-0.2, 0) is 7.05 Å². The third-order valence-corrected chi connectivity index (χ3v) is 5.73. The fraction of sp³-hybridized carbons (Fsp3) is 0.304. The molecular formula is C23H22FN3O.